The molecule has 66 valence electrons. The molecule has 0 aliphatic carbocycles. The van der Waals surface area contributed by atoms with Gasteiger partial charge in [-0.1, -0.05) is 6.92 Å². The number of aliphatic hydroxyl groups excluding tert-OH is 1. The second-order valence-electron chi connectivity index (χ2n) is 2.21. The highest BCUT2D eigenvalue weighted by atomic mass is 31.1. The lowest BCUT2D eigenvalue weighted by Crippen LogP contribution is -2.44. The molecule has 0 aromatic carbocycles. The number of hydrogen-bond donors (Lipinski definition) is 3. The summed E-state index contributed by atoms with van der Waals surface area (Å²) in [6.45, 7) is 1.52. The Labute approximate surface area is 65.0 Å². The molecule has 0 saturated carbocycles. The molecule has 0 aromatic heterocycles. The fourth-order valence-corrected chi connectivity index (χ4v) is 1.52. The van der Waals surface area contributed by atoms with E-state index in [-0.39, 0.29) is 6.42 Å². The Bertz CT molecular complexity index is 183. The fraction of sp³-hybridized carbons (Fsp3) is 0.800. The zero-order chi connectivity index (χ0) is 9.07. The van der Waals surface area contributed by atoms with Gasteiger partial charge in [-0.2, -0.15) is 0 Å². The van der Waals surface area contributed by atoms with E-state index in [4.69, 9.17) is 15.9 Å². The monoisotopic (exact) mass is 181 g/mol. The summed E-state index contributed by atoms with van der Waals surface area (Å²) in [5.41, 5.74) is 5.27. The average molecular weight is 181 g/mol. The average Bonchev–Trinajstić information content (AvgIpc) is 2.01. The maximum atomic E-state index is 10.9. The Hall–Kier alpha value is -0.380. The van der Waals surface area contributed by atoms with E-state index in [1.165, 1.54) is 6.92 Å². The summed E-state index contributed by atoms with van der Waals surface area (Å²) in [4.78, 5) is 10.4. The standard InChI is InChI=1S/C5H12NO4P/c1-2-5(6,4(8)9)11(10)3-7/h7,11H,2-3,6H2,1H3,(H,8,9). The number of hydrogen-bond acceptors (Lipinski definition) is 4. The number of carboxylic acid groups (broad SMARTS) is 1. The molecule has 0 saturated heterocycles. The van der Waals surface area contributed by atoms with Gasteiger partial charge in [0.15, 0.2) is 5.28 Å². The molecule has 0 radical (unpaired) electrons. The van der Waals surface area contributed by atoms with Gasteiger partial charge in [-0.3, -0.25) is 0 Å². The predicted octanol–water partition coefficient (Wildman–Crippen LogP) is -0.354. The van der Waals surface area contributed by atoms with Crippen LogP contribution in [-0.4, -0.2) is 27.8 Å². The zero-order valence-corrected chi connectivity index (χ0v) is 7.20. The van der Waals surface area contributed by atoms with E-state index in [0.717, 1.165) is 0 Å². The molecule has 0 fully saturated rings. The molecule has 4 N–H and O–H groups in total. The molecule has 0 spiro atoms. The highest BCUT2D eigenvalue weighted by Crippen LogP contribution is 2.36. The summed E-state index contributed by atoms with van der Waals surface area (Å²) in [7, 11) is -2.63. The first-order valence-electron chi connectivity index (χ1n) is 3.15. The van der Waals surface area contributed by atoms with Gasteiger partial charge < -0.3 is 20.5 Å². The molecule has 0 aliphatic heterocycles. The summed E-state index contributed by atoms with van der Waals surface area (Å²) in [5.74, 6) is -1.32. The van der Waals surface area contributed by atoms with Crippen LogP contribution in [0, 0.1) is 0 Å². The van der Waals surface area contributed by atoms with Crippen LogP contribution < -0.4 is 5.73 Å². The summed E-state index contributed by atoms with van der Waals surface area (Å²) in [6, 6.07) is 0. The molecule has 0 rings (SSSR count). The van der Waals surface area contributed by atoms with Crippen molar-refractivity contribution < 1.29 is 19.6 Å². The van der Waals surface area contributed by atoms with Gasteiger partial charge >= 0.3 is 5.97 Å². The maximum absolute atomic E-state index is 10.9. The Morgan fingerprint density at radius 1 is 1.73 bits per heavy atom. The molecule has 6 heteroatoms. The first kappa shape index (κ1) is 10.6. The minimum Gasteiger partial charge on any atom is -0.480 e. The first-order valence-corrected chi connectivity index (χ1v) is 4.77. The molecule has 0 amide bonds. The Morgan fingerprint density at radius 3 is 2.27 bits per heavy atom. The van der Waals surface area contributed by atoms with Gasteiger partial charge in [0, 0.05) is 0 Å². The molecule has 2 unspecified atom stereocenters. The fourth-order valence-electron chi connectivity index (χ4n) is 0.609. The van der Waals surface area contributed by atoms with Crippen molar-refractivity contribution in [1.82, 2.24) is 0 Å². The SMILES string of the molecule is CCC(N)(C(=O)O)[PH](=O)CO. The summed E-state index contributed by atoms with van der Waals surface area (Å²) < 4.78 is 10.9. The third-order valence-corrected chi connectivity index (χ3v) is 3.43. The molecule has 5 nitrogen and oxygen atoms in total. The third-order valence-electron chi connectivity index (χ3n) is 1.58. The van der Waals surface area contributed by atoms with E-state index < -0.39 is 25.4 Å². The van der Waals surface area contributed by atoms with Crippen molar-refractivity contribution >= 4 is 13.8 Å². The second-order valence-corrected chi connectivity index (χ2v) is 4.27. The smallest absolute Gasteiger partial charge is 0.331 e. The number of carboxylic acids is 1. The summed E-state index contributed by atoms with van der Waals surface area (Å²) in [6.07, 6.45) is -0.595. The first-order chi connectivity index (χ1) is 4.99. The number of aliphatic hydroxyl groups is 1. The predicted molar refractivity (Wildman–Crippen MR) is 40.9 cm³/mol. The third kappa shape index (κ3) is 2.02. The molecule has 0 aliphatic rings. The van der Waals surface area contributed by atoms with Crippen LogP contribution in [0.2, 0.25) is 0 Å². The van der Waals surface area contributed by atoms with Crippen molar-refractivity contribution in [2.24, 2.45) is 5.73 Å². The van der Waals surface area contributed by atoms with Crippen LogP contribution in [0.4, 0.5) is 0 Å². The van der Waals surface area contributed by atoms with Crippen molar-refractivity contribution in [2.75, 3.05) is 6.35 Å². The number of aliphatic carboxylic acids is 1. The summed E-state index contributed by atoms with van der Waals surface area (Å²) in [5, 5.41) is 15.2. The zero-order valence-electron chi connectivity index (χ0n) is 6.20. The lowest BCUT2D eigenvalue weighted by molar-refractivity contribution is -0.140. The molecule has 0 bridgehead atoms. The van der Waals surface area contributed by atoms with Gasteiger partial charge in [-0.25, -0.2) is 4.79 Å². The van der Waals surface area contributed by atoms with Crippen LogP contribution in [0.3, 0.4) is 0 Å². The highest BCUT2D eigenvalue weighted by Gasteiger charge is 2.37. The number of nitrogens with two attached hydrogens (primary N) is 1. The van der Waals surface area contributed by atoms with Crippen LogP contribution in [0.1, 0.15) is 13.3 Å². The van der Waals surface area contributed by atoms with Gasteiger partial charge in [-0.05, 0) is 6.42 Å². The van der Waals surface area contributed by atoms with E-state index >= 15 is 0 Å². The molecule has 0 heterocycles. The minimum atomic E-state index is -2.63. The maximum Gasteiger partial charge on any atom is 0.331 e. The van der Waals surface area contributed by atoms with Crippen LogP contribution in [0.15, 0.2) is 0 Å². The van der Waals surface area contributed by atoms with E-state index in [9.17, 15) is 9.36 Å². The molecular formula is C5H12NO4P. The van der Waals surface area contributed by atoms with Crippen molar-refractivity contribution in [2.45, 2.75) is 18.6 Å². The Kier molecular flexibility index (Phi) is 3.72. The van der Waals surface area contributed by atoms with Gasteiger partial charge in [0.25, 0.3) is 0 Å². The van der Waals surface area contributed by atoms with Crippen LogP contribution in [0.5, 0.6) is 0 Å². The Morgan fingerprint density at radius 2 is 2.18 bits per heavy atom. The molecular weight excluding hydrogens is 169 g/mol. The molecule has 0 aromatic rings. The summed E-state index contributed by atoms with van der Waals surface area (Å²) >= 11 is 0. The minimum absolute atomic E-state index is 0.0562. The Balaban J connectivity index is 4.59. The molecule has 2 atom stereocenters. The van der Waals surface area contributed by atoms with Crippen LogP contribution >= 0.6 is 7.80 Å². The van der Waals surface area contributed by atoms with Gasteiger partial charge in [0.1, 0.15) is 7.80 Å². The highest BCUT2D eigenvalue weighted by molar-refractivity contribution is 7.47. The van der Waals surface area contributed by atoms with E-state index in [0.29, 0.717) is 0 Å². The van der Waals surface area contributed by atoms with Gasteiger partial charge in [-0.15, -0.1) is 0 Å². The van der Waals surface area contributed by atoms with E-state index in [1.807, 2.05) is 0 Å². The number of rotatable bonds is 4. The largest absolute Gasteiger partial charge is 0.480 e. The lowest BCUT2D eigenvalue weighted by atomic mass is 10.2. The van der Waals surface area contributed by atoms with E-state index in [1.54, 1.807) is 0 Å². The number of carbonyl (C=O) groups is 1. The van der Waals surface area contributed by atoms with Crippen molar-refractivity contribution in [3.8, 4) is 0 Å². The van der Waals surface area contributed by atoms with E-state index in [2.05, 4.69) is 0 Å². The van der Waals surface area contributed by atoms with Crippen LogP contribution in [-0.2, 0) is 9.36 Å². The van der Waals surface area contributed by atoms with Crippen LogP contribution in [0.25, 0.3) is 0 Å². The molecule has 11 heavy (non-hydrogen) atoms. The van der Waals surface area contributed by atoms with Crippen molar-refractivity contribution in [3.63, 3.8) is 0 Å². The second kappa shape index (κ2) is 3.85. The van der Waals surface area contributed by atoms with Crippen molar-refractivity contribution in [1.29, 1.82) is 0 Å². The quantitative estimate of drug-likeness (QED) is 0.514. The van der Waals surface area contributed by atoms with Gasteiger partial charge in [0.05, 0.1) is 6.35 Å². The lowest BCUT2D eigenvalue weighted by Gasteiger charge is -2.20. The van der Waals surface area contributed by atoms with Gasteiger partial charge in [0.2, 0.25) is 0 Å². The van der Waals surface area contributed by atoms with Crippen molar-refractivity contribution in [3.05, 3.63) is 0 Å². The normalized spacial score (nSPS) is 18.8. The topological polar surface area (TPSA) is 101 Å².